The fraction of sp³-hybridized carbons (Fsp3) is 0.438. The molecule has 2 rings (SSSR count). The lowest BCUT2D eigenvalue weighted by Gasteiger charge is -2.14. The molecule has 0 amide bonds. The maximum Gasteiger partial charge on any atom is 0.138 e. The fourth-order valence-corrected chi connectivity index (χ4v) is 2.10. The van der Waals surface area contributed by atoms with Gasteiger partial charge in [0.15, 0.2) is 0 Å². The quantitative estimate of drug-likeness (QED) is 0.773. The Morgan fingerprint density at radius 2 is 2.16 bits per heavy atom. The average molecular weight is 258 g/mol. The molecule has 0 fully saturated rings. The maximum absolute atomic E-state index is 5.91. The Balaban J connectivity index is 1.89. The van der Waals surface area contributed by atoms with E-state index in [2.05, 4.69) is 36.3 Å². The van der Waals surface area contributed by atoms with Crippen molar-refractivity contribution in [2.24, 2.45) is 0 Å². The highest BCUT2D eigenvalue weighted by Gasteiger charge is 2.05. The summed E-state index contributed by atoms with van der Waals surface area (Å²) in [4.78, 5) is 4.41. The molecule has 19 heavy (non-hydrogen) atoms. The molecule has 1 N–H and O–H groups in total. The monoisotopic (exact) mass is 258 g/mol. The van der Waals surface area contributed by atoms with E-state index in [1.165, 1.54) is 0 Å². The number of rotatable bonds is 7. The van der Waals surface area contributed by atoms with Gasteiger partial charge in [-0.1, -0.05) is 25.1 Å². The summed E-state index contributed by atoms with van der Waals surface area (Å²) in [5.41, 5.74) is 1.01. The van der Waals surface area contributed by atoms with Crippen LogP contribution >= 0.6 is 0 Å². The van der Waals surface area contributed by atoms with E-state index < -0.39 is 0 Å². The molecular formula is C16H22N2O. The smallest absolute Gasteiger partial charge is 0.138 e. The van der Waals surface area contributed by atoms with Crippen LogP contribution in [-0.4, -0.2) is 24.2 Å². The highest BCUT2D eigenvalue weighted by Crippen LogP contribution is 2.19. The Labute approximate surface area is 115 Å². The normalized spacial score (nSPS) is 12.5. The maximum atomic E-state index is 5.91. The van der Waals surface area contributed by atoms with Gasteiger partial charge < -0.3 is 10.1 Å². The largest absolute Gasteiger partial charge is 0.489 e. The molecular weight excluding hydrogens is 236 g/mol. The van der Waals surface area contributed by atoms with Crippen molar-refractivity contribution in [2.75, 3.05) is 13.1 Å². The zero-order chi connectivity index (χ0) is 13.5. The van der Waals surface area contributed by atoms with Crippen molar-refractivity contribution in [1.29, 1.82) is 0 Å². The van der Waals surface area contributed by atoms with Crippen LogP contribution in [0.15, 0.2) is 36.5 Å². The SMILES string of the molecule is CCNCCCC(C)Oc1cnc2ccccc2c1. The molecule has 0 aliphatic rings. The van der Waals surface area contributed by atoms with Gasteiger partial charge in [0, 0.05) is 5.39 Å². The van der Waals surface area contributed by atoms with Gasteiger partial charge in [0.05, 0.1) is 17.8 Å². The average Bonchev–Trinajstić information content (AvgIpc) is 2.43. The number of ether oxygens (including phenoxy) is 1. The molecule has 1 aromatic heterocycles. The predicted octanol–water partition coefficient (Wildman–Crippen LogP) is 3.39. The number of nitrogens with one attached hydrogen (secondary N) is 1. The number of benzene rings is 1. The summed E-state index contributed by atoms with van der Waals surface area (Å²) in [5.74, 6) is 0.856. The van der Waals surface area contributed by atoms with Gasteiger partial charge in [-0.15, -0.1) is 0 Å². The third-order valence-electron chi connectivity index (χ3n) is 3.12. The number of pyridine rings is 1. The van der Waals surface area contributed by atoms with Gasteiger partial charge in [0.25, 0.3) is 0 Å². The number of hydrogen-bond acceptors (Lipinski definition) is 3. The minimum Gasteiger partial charge on any atom is -0.489 e. The minimum atomic E-state index is 0.224. The molecule has 0 saturated carbocycles. The number of aromatic nitrogens is 1. The van der Waals surface area contributed by atoms with Crippen LogP contribution in [0.1, 0.15) is 26.7 Å². The lowest BCUT2D eigenvalue weighted by molar-refractivity contribution is 0.207. The van der Waals surface area contributed by atoms with Crippen molar-refractivity contribution < 1.29 is 4.74 Å². The molecule has 0 spiro atoms. The van der Waals surface area contributed by atoms with Crippen LogP contribution < -0.4 is 10.1 Å². The van der Waals surface area contributed by atoms with Crippen LogP contribution in [0.3, 0.4) is 0 Å². The van der Waals surface area contributed by atoms with E-state index in [0.29, 0.717) is 0 Å². The number of fused-ring (bicyclic) bond motifs is 1. The van der Waals surface area contributed by atoms with E-state index in [9.17, 15) is 0 Å². The standard InChI is InChI=1S/C16H22N2O/c1-3-17-10-6-7-13(2)19-15-11-14-8-4-5-9-16(14)18-12-15/h4-5,8-9,11-13,17H,3,6-7,10H2,1-2H3. The first-order chi connectivity index (χ1) is 9.29. The second-order valence-electron chi connectivity index (χ2n) is 4.79. The summed E-state index contributed by atoms with van der Waals surface area (Å²) in [6.07, 6.45) is 4.22. The molecule has 0 saturated heterocycles. The fourth-order valence-electron chi connectivity index (χ4n) is 2.10. The third kappa shape index (κ3) is 4.21. The van der Waals surface area contributed by atoms with Crippen LogP contribution in [0.5, 0.6) is 5.75 Å². The van der Waals surface area contributed by atoms with E-state index >= 15 is 0 Å². The number of nitrogens with zero attached hydrogens (tertiary/aromatic N) is 1. The van der Waals surface area contributed by atoms with Crippen molar-refractivity contribution in [1.82, 2.24) is 10.3 Å². The summed E-state index contributed by atoms with van der Waals surface area (Å²) in [6, 6.07) is 10.2. The minimum absolute atomic E-state index is 0.224. The zero-order valence-electron chi connectivity index (χ0n) is 11.7. The van der Waals surface area contributed by atoms with Gasteiger partial charge in [0.1, 0.15) is 5.75 Å². The van der Waals surface area contributed by atoms with Crippen LogP contribution in [-0.2, 0) is 0 Å². The van der Waals surface area contributed by atoms with Crippen LogP contribution in [0.2, 0.25) is 0 Å². The molecule has 0 aliphatic heterocycles. The summed E-state index contributed by atoms with van der Waals surface area (Å²) >= 11 is 0. The second-order valence-corrected chi connectivity index (χ2v) is 4.79. The molecule has 1 heterocycles. The first kappa shape index (κ1) is 13.8. The lowest BCUT2D eigenvalue weighted by Crippen LogP contribution is -2.18. The molecule has 1 aromatic carbocycles. The molecule has 0 bridgehead atoms. The van der Waals surface area contributed by atoms with Gasteiger partial charge in [-0.05, 0) is 45.0 Å². The topological polar surface area (TPSA) is 34.1 Å². The van der Waals surface area contributed by atoms with Gasteiger partial charge in [-0.3, -0.25) is 4.98 Å². The van der Waals surface area contributed by atoms with Crippen LogP contribution in [0, 0.1) is 0 Å². The predicted molar refractivity (Wildman–Crippen MR) is 79.6 cm³/mol. The molecule has 1 atom stereocenters. The molecule has 3 nitrogen and oxygen atoms in total. The molecule has 0 aliphatic carbocycles. The van der Waals surface area contributed by atoms with E-state index in [4.69, 9.17) is 4.74 Å². The number of hydrogen-bond donors (Lipinski definition) is 1. The van der Waals surface area contributed by atoms with E-state index in [-0.39, 0.29) is 6.10 Å². The summed E-state index contributed by atoms with van der Waals surface area (Å²) in [6.45, 7) is 6.33. The Kier molecular flexibility index (Phi) is 5.16. The van der Waals surface area contributed by atoms with Gasteiger partial charge in [0.2, 0.25) is 0 Å². The Morgan fingerprint density at radius 3 is 3.00 bits per heavy atom. The molecule has 2 aromatic rings. The van der Waals surface area contributed by atoms with Gasteiger partial charge in [-0.2, -0.15) is 0 Å². The van der Waals surface area contributed by atoms with Crippen molar-refractivity contribution >= 4 is 10.9 Å². The zero-order valence-corrected chi connectivity index (χ0v) is 11.7. The second kappa shape index (κ2) is 7.10. The van der Waals surface area contributed by atoms with E-state index in [0.717, 1.165) is 42.6 Å². The van der Waals surface area contributed by atoms with Gasteiger partial charge in [-0.25, -0.2) is 0 Å². The Hall–Kier alpha value is -1.61. The highest BCUT2D eigenvalue weighted by atomic mass is 16.5. The molecule has 0 radical (unpaired) electrons. The van der Waals surface area contributed by atoms with Gasteiger partial charge >= 0.3 is 0 Å². The molecule has 102 valence electrons. The lowest BCUT2D eigenvalue weighted by atomic mass is 10.2. The molecule has 1 unspecified atom stereocenters. The summed E-state index contributed by atoms with van der Waals surface area (Å²) < 4.78 is 5.91. The first-order valence-electron chi connectivity index (χ1n) is 7.01. The van der Waals surface area contributed by atoms with E-state index in [1.807, 2.05) is 24.4 Å². The molecule has 3 heteroatoms. The Bertz CT molecular complexity index is 513. The Morgan fingerprint density at radius 1 is 1.32 bits per heavy atom. The van der Waals surface area contributed by atoms with Crippen molar-refractivity contribution in [3.63, 3.8) is 0 Å². The summed E-state index contributed by atoms with van der Waals surface area (Å²) in [7, 11) is 0. The van der Waals surface area contributed by atoms with Crippen molar-refractivity contribution in [3.8, 4) is 5.75 Å². The van der Waals surface area contributed by atoms with Crippen molar-refractivity contribution in [2.45, 2.75) is 32.8 Å². The van der Waals surface area contributed by atoms with Crippen molar-refractivity contribution in [3.05, 3.63) is 36.5 Å². The first-order valence-corrected chi connectivity index (χ1v) is 7.01. The number of para-hydroxylation sites is 1. The van der Waals surface area contributed by atoms with Crippen LogP contribution in [0.4, 0.5) is 0 Å². The summed E-state index contributed by atoms with van der Waals surface area (Å²) in [5, 5.41) is 4.45. The van der Waals surface area contributed by atoms with E-state index in [1.54, 1.807) is 0 Å². The van der Waals surface area contributed by atoms with Crippen LogP contribution in [0.25, 0.3) is 10.9 Å². The highest BCUT2D eigenvalue weighted by molar-refractivity contribution is 5.79. The third-order valence-corrected chi connectivity index (χ3v) is 3.12.